The second-order valence-electron chi connectivity index (χ2n) is 5.96. The van der Waals surface area contributed by atoms with Crippen molar-refractivity contribution in [2.75, 3.05) is 0 Å². The zero-order valence-electron chi connectivity index (χ0n) is 13.8. The van der Waals surface area contributed by atoms with Gasteiger partial charge in [0.25, 0.3) is 5.91 Å². The first kappa shape index (κ1) is 17.5. The van der Waals surface area contributed by atoms with Crippen LogP contribution in [0.15, 0.2) is 41.0 Å². The maximum Gasteiger partial charge on any atom is 0.263 e. The summed E-state index contributed by atoms with van der Waals surface area (Å²) in [6, 6.07) is 9.83. The number of hydrogen-bond donors (Lipinski definition) is 1. The van der Waals surface area contributed by atoms with Crippen molar-refractivity contribution in [3.05, 3.63) is 41.0 Å². The molecule has 2 aromatic rings. The van der Waals surface area contributed by atoms with Crippen molar-refractivity contribution in [1.29, 1.82) is 0 Å². The van der Waals surface area contributed by atoms with Gasteiger partial charge in [-0.2, -0.15) is 0 Å². The number of halogens is 1. The van der Waals surface area contributed by atoms with Gasteiger partial charge in [-0.25, -0.2) is 4.68 Å². The number of nitrogens with one attached hydrogen (secondary N) is 1. The fourth-order valence-electron chi connectivity index (χ4n) is 1.91. The summed E-state index contributed by atoms with van der Waals surface area (Å²) in [5.41, 5.74) is -0.0909. The summed E-state index contributed by atoms with van der Waals surface area (Å²) in [6.45, 7) is 7.46. The molecule has 0 saturated heterocycles. The fraction of sp³-hybridized carbons (Fsp3) is 0.412. The molecule has 1 amide bonds. The van der Waals surface area contributed by atoms with Gasteiger partial charge in [0, 0.05) is 12.2 Å². The average molecular weight is 380 g/mol. The lowest BCUT2D eigenvalue weighted by molar-refractivity contribution is -0.135. The second-order valence-corrected chi connectivity index (χ2v) is 6.81. The Bertz CT molecular complexity index is 668. The normalized spacial score (nSPS) is 12.7. The number of ether oxygens (including phenoxy) is 1. The van der Waals surface area contributed by atoms with E-state index in [1.807, 2.05) is 50.4 Å². The molecule has 124 valence electrons. The van der Waals surface area contributed by atoms with E-state index in [0.29, 0.717) is 10.4 Å². The molecule has 0 aliphatic heterocycles. The molecule has 0 spiro atoms. The molecular weight excluding hydrogens is 358 g/mol. The van der Waals surface area contributed by atoms with Crippen LogP contribution in [0, 0.1) is 0 Å². The molecule has 5 nitrogen and oxygen atoms in total. The van der Waals surface area contributed by atoms with E-state index in [1.54, 1.807) is 18.5 Å². The van der Waals surface area contributed by atoms with Crippen LogP contribution in [0.4, 0.5) is 0 Å². The number of benzene rings is 1. The summed E-state index contributed by atoms with van der Waals surface area (Å²) < 4.78 is 8.26. The molecule has 2 rings (SSSR count). The standard InChI is InChI=1S/C17H22BrN3O2/c1-5-12(2)19-16(22)17(3,4)23-15-14(18)11-21(20-15)13-9-7-6-8-10-13/h6-12H,5H2,1-4H3,(H,19,22)/t12-/m0/s1. The molecule has 1 heterocycles. The average Bonchev–Trinajstić information content (AvgIpc) is 2.88. The maximum absolute atomic E-state index is 12.3. The molecule has 1 N–H and O–H groups in total. The van der Waals surface area contributed by atoms with Crippen molar-refractivity contribution >= 4 is 21.8 Å². The summed E-state index contributed by atoms with van der Waals surface area (Å²) in [7, 11) is 0. The van der Waals surface area contributed by atoms with Crippen LogP contribution < -0.4 is 10.1 Å². The van der Waals surface area contributed by atoms with E-state index in [-0.39, 0.29) is 11.9 Å². The van der Waals surface area contributed by atoms with Gasteiger partial charge in [-0.3, -0.25) is 4.79 Å². The number of carbonyl (C=O) groups is 1. The summed E-state index contributed by atoms with van der Waals surface area (Å²) in [4.78, 5) is 12.3. The van der Waals surface area contributed by atoms with Crippen LogP contribution in [0.5, 0.6) is 5.88 Å². The topological polar surface area (TPSA) is 56.1 Å². The summed E-state index contributed by atoms with van der Waals surface area (Å²) in [6.07, 6.45) is 2.68. The van der Waals surface area contributed by atoms with Crippen LogP contribution in [0.25, 0.3) is 5.69 Å². The van der Waals surface area contributed by atoms with Gasteiger partial charge in [0.1, 0.15) is 0 Å². The minimum absolute atomic E-state index is 0.107. The van der Waals surface area contributed by atoms with Gasteiger partial charge in [-0.1, -0.05) is 25.1 Å². The minimum Gasteiger partial charge on any atom is -0.460 e. The minimum atomic E-state index is -1.01. The molecule has 0 radical (unpaired) electrons. The van der Waals surface area contributed by atoms with Crippen LogP contribution in [0.2, 0.25) is 0 Å². The van der Waals surface area contributed by atoms with Gasteiger partial charge in [-0.15, -0.1) is 5.10 Å². The fourth-order valence-corrected chi connectivity index (χ4v) is 2.26. The monoisotopic (exact) mass is 379 g/mol. The Labute approximate surface area is 145 Å². The Morgan fingerprint density at radius 1 is 1.39 bits per heavy atom. The predicted molar refractivity (Wildman–Crippen MR) is 93.9 cm³/mol. The smallest absolute Gasteiger partial charge is 0.263 e. The number of hydrogen-bond acceptors (Lipinski definition) is 3. The van der Waals surface area contributed by atoms with Crippen molar-refractivity contribution in [3.8, 4) is 11.6 Å². The van der Waals surface area contributed by atoms with Crippen molar-refractivity contribution in [3.63, 3.8) is 0 Å². The van der Waals surface area contributed by atoms with Crippen molar-refractivity contribution in [2.45, 2.75) is 45.8 Å². The van der Waals surface area contributed by atoms with Crippen molar-refractivity contribution < 1.29 is 9.53 Å². The number of rotatable bonds is 6. The number of nitrogens with zero attached hydrogens (tertiary/aromatic N) is 2. The molecule has 0 aliphatic rings. The number of para-hydroxylation sites is 1. The first-order valence-electron chi connectivity index (χ1n) is 7.64. The molecule has 0 unspecified atom stereocenters. The molecule has 0 saturated carbocycles. The third-order valence-electron chi connectivity index (χ3n) is 3.55. The first-order chi connectivity index (χ1) is 10.8. The SMILES string of the molecule is CC[C@H](C)NC(=O)C(C)(C)Oc1nn(-c2ccccc2)cc1Br. The lowest BCUT2D eigenvalue weighted by Crippen LogP contribution is -2.49. The predicted octanol–water partition coefficient (Wildman–Crippen LogP) is 3.71. The van der Waals surface area contributed by atoms with Gasteiger partial charge in [0.15, 0.2) is 5.60 Å². The zero-order chi connectivity index (χ0) is 17.0. The summed E-state index contributed by atoms with van der Waals surface area (Å²) >= 11 is 3.44. The first-order valence-corrected chi connectivity index (χ1v) is 8.43. The Morgan fingerprint density at radius 3 is 2.65 bits per heavy atom. The van der Waals surface area contributed by atoms with Crippen molar-refractivity contribution in [1.82, 2.24) is 15.1 Å². The van der Waals surface area contributed by atoms with Gasteiger partial charge in [0.2, 0.25) is 5.88 Å². The summed E-state index contributed by atoms with van der Waals surface area (Å²) in [5, 5.41) is 7.35. The molecule has 1 aromatic heterocycles. The third kappa shape index (κ3) is 4.34. The Kier molecular flexibility index (Phi) is 5.46. The number of aromatic nitrogens is 2. The maximum atomic E-state index is 12.3. The Balaban J connectivity index is 2.16. The number of amides is 1. The van der Waals surface area contributed by atoms with E-state index < -0.39 is 5.60 Å². The molecule has 6 heteroatoms. The zero-order valence-corrected chi connectivity index (χ0v) is 15.4. The van der Waals surface area contributed by atoms with E-state index >= 15 is 0 Å². The molecule has 0 aliphatic carbocycles. The van der Waals surface area contributed by atoms with Gasteiger partial charge in [0.05, 0.1) is 10.2 Å². The highest BCUT2D eigenvalue weighted by Crippen LogP contribution is 2.28. The third-order valence-corrected chi connectivity index (χ3v) is 4.09. The van der Waals surface area contributed by atoms with E-state index in [9.17, 15) is 4.79 Å². The van der Waals surface area contributed by atoms with Crippen LogP contribution in [0.3, 0.4) is 0 Å². The van der Waals surface area contributed by atoms with E-state index in [1.165, 1.54) is 0 Å². The van der Waals surface area contributed by atoms with E-state index in [2.05, 4.69) is 26.3 Å². The molecule has 0 fully saturated rings. The largest absolute Gasteiger partial charge is 0.460 e. The van der Waals surface area contributed by atoms with E-state index in [0.717, 1.165) is 12.1 Å². The lowest BCUT2D eigenvalue weighted by Gasteiger charge is -2.26. The van der Waals surface area contributed by atoms with Crippen LogP contribution in [-0.2, 0) is 4.79 Å². The second kappa shape index (κ2) is 7.17. The highest BCUT2D eigenvalue weighted by atomic mass is 79.9. The molecular formula is C17H22BrN3O2. The lowest BCUT2D eigenvalue weighted by atomic mass is 10.1. The Hall–Kier alpha value is -1.82. The Morgan fingerprint density at radius 2 is 2.04 bits per heavy atom. The van der Waals surface area contributed by atoms with Crippen LogP contribution >= 0.6 is 15.9 Å². The quantitative estimate of drug-likeness (QED) is 0.831. The highest BCUT2D eigenvalue weighted by molar-refractivity contribution is 9.10. The molecule has 1 aromatic carbocycles. The van der Waals surface area contributed by atoms with Gasteiger partial charge >= 0.3 is 0 Å². The van der Waals surface area contributed by atoms with E-state index in [4.69, 9.17) is 4.74 Å². The van der Waals surface area contributed by atoms with Crippen molar-refractivity contribution in [2.24, 2.45) is 0 Å². The van der Waals surface area contributed by atoms with Crippen LogP contribution in [0.1, 0.15) is 34.1 Å². The molecule has 1 atom stereocenters. The highest BCUT2D eigenvalue weighted by Gasteiger charge is 2.32. The van der Waals surface area contributed by atoms with Crippen LogP contribution in [-0.4, -0.2) is 27.3 Å². The number of carbonyl (C=O) groups excluding carboxylic acids is 1. The van der Waals surface area contributed by atoms with Gasteiger partial charge < -0.3 is 10.1 Å². The molecule has 0 bridgehead atoms. The molecule has 23 heavy (non-hydrogen) atoms. The van der Waals surface area contributed by atoms with Gasteiger partial charge in [-0.05, 0) is 55.3 Å². The summed E-state index contributed by atoms with van der Waals surface area (Å²) in [5.74, 6) is 0.228.